The molecule has 0 radical (unpaired) electrons. The Kier molecular flexibility index (Phi) is 6.95. The Morgan fingerprint density at radius 2 is 2.11 bits per heavy atom. The second kappa shape index (κ2) is 8.98. The number of nitrogens with zero attached hydrogens (tertiary/aromatic N) is 1. The van der Waals surface area contributed by atoms with E-state index in [-0.39, 0.29) is 23.3 Å². The SMILES string of the molecule is CCN(C(=O)COC(=O)/C=C/c1ccc(OC)c(F)c1)[C@@H]1CCS(=O)(=O)C1. The lowest BCUT2D eigenvalue weighted by Crippen LogP contribution is -2.43. The van der Waals surface area contributed by atoms with E-state index in [1.54, 1.807) is 13.0 Å². The van der Waals surface area contributed by atoms with Crippen LogP contribution in [0.3, 0.4) is 0 Å². The third kappa shape index (κ3) is 5.78. The fourth-order valence-electron chi connectivity index (χ4n) is 2.87. The lowest BCUT2D eigenvalue weighted by Gasteiger charge is -2.26. The van der Waals surface area contributed by atoms with Crippen LogP contribution in [0.25, 0.3) is 6.08 Å². The smallest absolute Gasteiger partial charge is 0.331 e. The van der Waals surface area contributed by atoms with Crippen molar-refractivity contribution in [1.82, 2.24) is 4.90 Å². The van der Waals surface area contributed by atoms with Gasteiger partial charge in [-0.05, 0) is 37.1 Å². The molecule has 27 heavy (non-hydrogen) atoms. The van der Waals surface area contributed by atoms with Crippen LogP contribution >= 0.6 is 0 Å². The van der Waals surface area contributed by atoms with Crippen LogP contribution in [0.4, 0.5) is 4.39 Å². The molecule has 7 nitrogen and oxygen atoms in total. The molecule has 0 aliphatic carbocycles. The maximum atomic E-state index is 13.6. The van der Waals surface area contributed by atoms with E-state index in [1.165, 1.54) is 30.2 Å². The van der Waals surface area contributed by atoms with E-state index in [0.717, 1.165) is 6.08 Å². The number of hydrogen-bond donors (Lipinski definition) is 0. The second-order valence-corrected chi connectivity index (χ2v) is 8.30. The summed E-state index contributed by atoms with van der Waals surface area (Å²) in [5, 5.41) is 0. The number of halogens is 1. The molecule has 2 rings (SSSR count). The van der Waals surface area contributed by atoms with Crippen LogP contribution in [-0.2, 0) is 24.2 Å². The summed E-state index contributed by atoms with van der Waals surface area (Å²) in [6.45, 7) is 1.59. The number of benzene rings is 1. The Labute approximate surface area is 157 Å². The molecule has 1 aliphatic rings. The molecular formula is C18H22FNO6S. The molecule has 1 fully saturated rings. The number of rotatable bonds is 7. The van der Waals surface area contributed by atoms with Crippen molar-refractivity contribution in [1.29, 1.82) is 0 Å². The number of carbonyl (C=O) groups is 2. The molecule has 1 amide bonds. The normalized spacial score (nSPS) is 18.4. The highest BCUT2D eigenvalue weighted by Gasteiger charge is 2.34. The average molecular weight is 399 g/mol. The van der Waals surface area contributed by atoms with E-state index in [4.69, 9.17) is 9.47 Å². The fourth-order valence-corrected chi connectivity index (χ4v) is 4.60. The largest absolute Gasteiger partial charge is 0.494 e. The summed E-state index contributed by atoms with van der Waals surface area (Å²) in [4.78, 5) is 25.4. The van der Waals surface area contributed by atoms with Crippen molar-refractivity contribution in [2.24, 2.45) is 0 Å². The van der Waals surface area contributed by atoms with Crippen molar-refractivity contribution >= 4 is 27.8 Å². The molecule has 1 atom stereocenters. The van der Waals surface area contributed by atoms with Crippen molar-refractivity contribution in [2.75, 3.05) is 31.8 Å². The zero-order valence-electron chi connectivity index (χ0n) is 15.2. The molecule has 0 aromatic heterocycles. The number of hydrogen-bond acceptors (Lipinski definition) is 6. The number of sulfone groups is 1. The van der Waals surface area contributed by atoms with Gasteiger partial charge in [-0.2, -0.15) is 0 Å². The molecule has 1 aliphatic heterocycles. The summed E-state index contributed by atoms with van der Waals surface area (Å²) in [6, 6.07) is 3.81. The van der Waals surface area contributed by atoms with Crippen LogP contribution in [0.5, 0.6) is 5.75 Å². The van der Waals surface area contributed by atoms with Crippen LogP contribution in [0.1, 0.15) is 18.9 Å². The van der Waals surface area contributed by atoms with Gasteiger partial charge >= 0.3 is 5.97 Å². The molecule has 0 N–H and O–H groups in total. The van der Waals surface area contributed by atoms with Crippen LogP contribution < -0.4 is 4.74 Å². The molecule has 148 valence electrons. The lowest BCUT2D eigenvalue weighted by molar-refractivity contribution is -0.149. The topological polar surface area (TPSA) is 90.0 Å². The van der Waals surface area contributed by atoms with Gasteiger partial charge in [-0.25, -0.2) is 17.6 Å². The highest BCUT2D eigenvalue weighted by atomic mass is 32.2. The van der Waals surface area contributed by atoms with E-state index in [2.05, 4.69) is 0 Å². The van der Waals surface area contributed by atoms with Crippen molar-refractivity contribution in [3.05, 3.63) is 35.7 Å². The monoisotopic (exact) mass is 399 g/mol. The number of esters is 1. The van der Waals surface area contributed by atoms with E-state index >= 15 is 0 Å². The summed E-state index contributed by atoms with van der Waals surface area (Å²) < 4.78 is 46.4. The Balaban J connectivity index is 1.88. The Morgan fingerprint density at radius 3 is 2.67 bits per heavy atom. The average Bonchev–Trinajstić information content (AvgIpc) is 2.98. The maximum absolute atomic E-state index is 13.6. The predicted molar refractivity (Wildman–Crippen MR) is 97.4 cm³/mol. The van der Waals surface area contributed by atoms with Gasteiger partial charge < -0.3 is 14.4 Å². The second-order valence-electron chi connectivity index (χ2n) is 6.07. The van der Waals surface area contributed by atoms with Crippen molar-refractivity contribution < 1.29 is 31.9 Å². The Bertz CT molecular complexity index is 836. The first-order chi connectivity index (χ1) is 12.8. The molecule has 1 aromatic carbocycles. The number of ether oxygens (including phenoxy) is 2. The van der Waals surface area contributed by atoms with Crippen molar-refractivity contribution in [3.8, 4) is 5.75 Å². The fraction of sp³-hybridized carbons (Fsp3) is 0.444. The number of carbonyl (C=O) groups excluding carboxylic acids is 2. The maximum Gasteiger partial charge on any atom is 0.331 e. The minimum atomic E-state index is -3.12. The minimum Gasteiger partial charge on any atom is -0.494 e. The molecule has 0 bridgehead atoms. The molecule has 1 aromatic rings. The summed E-state index contributed by atoms with van der Waals surface area (Å²) in [7, 11) is -1.77. The first-order valence-electron chi connectivity index (χ1n) is 8.44. The molecule has 1 saturated heterocycles. The third-order valence-corrected chi connectivity index (χ3v) is 5.99. The summed E-state index contributed by atoms with van der Waals surface area (Å²) in [5.41, 5.74) is 0.433. The molecule has 0 saturated carbocycles. The van der Waals surface area contributed by atoms with Gasteiger partial charge in [0.1, 0.15) is 0 Å². The van der Waals surface area contributed by atoms with Crippen LogP contribution in [0.2, 0.25) is 0 Å². The van der Waals surface area contributed by atoms with Crippen LogP contribution in [0.15, 0.2) is 24.3 Å². The predicted octanol–water partition coefficient (Wildman–Crippen LogP) is 1.43. The van der Waals surface area contributed by atoms with Crippen LogP contribution in [0, 0.1) is 5.82 Å². The van der Waals surface area contributed by atoms with E-state index in [1.807, 2.05) is 0 Å². The lowest BCUT2D eigenvalue weighted by atomic mass is 10.2. The zero-order valence-corrected chi connectivity index (χ0v) is 16.0. The van der Waals surface area contributed by atoms with Gasteiger partial charge in [0.25, 0.3) is 5.91 Å². The summed E-state index contributed by atoms with van der Waals surface area (Å²) >= 11 is 0. The number of amides is 1. The van der Waals surface area contributed by atoms with Gasteiger partial charge in [-0.3, -0.25) is 4.79 Å². The van der Waals surface area contributed by atoms with Gasteiger partial charge in [0, 0.05) is 18.7 Å². The molecule has 9 heteroatoms. The van der Waals surface area contributed by atoms with Crippen molar-refractivity contribution in [2.45, 2.75) is 19.4 Å². The van der Waals surface area contributed by atoms with Crippen LogP contribution in [-0.4, -0.2) is 63.0 Å². The van der Waals surface area contributed by atoms with Gasteiger partial charge in [0.2, 0.25) is 0 Å². The highest BCUT2D eigenvalue weighted by molar-refractivity contribution is 7.91. The molecule has 1 heterocycles. The number of likely N-dealkylation sites (N-methyl/N-ethyl adjacent to an activating group) is 1. The molecule has 0 unspecified atom stereocenters. The number of methoxy groups -OCH3 is 1. The van der Waals surface area contributed by atoms with Gasteiger partial charge in [-0.15, -0.1) is 0 Å². The highest BCUT2D eigenvalue weighted by Crippen LogP contribution is 2.19. The third-order valence-electron chi connectivity index (χ3n) is 4.24. The minimum absolute atomic E-state index is 0.0579. The first-order valence-corrected chi connectivity index (χ1v) is 10.3. The van der Waals surface area contributed by atoms with E-state index < -0.39 is 34.1 Å². The van der Waals surface area contributed by atoms with E-state index in [0.29, 0.717) is 18.5 Å². The quantitative estimate of drug-likeness (QED) is 0.509. The van der Waals surface area contributed by atoms with Crippen molar-refractivity contribution in [3.63, 3.8) is 0 Å². The van der Waals surface area contributed by atoms with Gasteiger partial charge in [0.15, 0.2) is 28.0 Å². The van der Waals surface area contributed by atoms with E-state index in [9.17, 15) is 22.4 Å². The first kappa shape index (κ1) is 20.9. The van der Waals surface area contributed by atoms with Gasteiger partial charge in [0.05, 0.1) is 18.6 Å². The zero-order chi connectivity index (χ0) is 20.0. The Hall–Kier alpha value is -2.42. The molecular weight excluding hydrogens is 377 g/mol. The summed E-state index contributed by atoms with van der Waals surface area (Å²) in [5.74, 6) is -1.68. The Morgan fingerprint density at radius 1 is 1.37 bits per heavy atom. The molecule has 0 spiro atoms. The van der Waals surface area contributed by atoms with Gasteiger partial charge in [-0.1, -0.05) is 6.07 Å². The standard InChI is InChI=1S/C18H22FNO6S/c1-3-20(14-8-9-27(23,24)12-14)17(21)11-26-18(22)7-5-13-4-6-16(25-2)15(19)10-13/h4-7,10,14H,3,8-9,11-12H2,1-2H3/b7-5+/t14-/m1/s1. The summed E-state index contributed by atoms with van der Waals surface area (Å²) in [6.07, 6.45) is 2.83.